The maximum atomic E-state index is 13.4. The summed E-state index contributed by atoms with van der Waals surface area (Å²) in [6, 6.07) is 14.0. The van der Waals surface area contributed by atoms with Crippen molar-refractivity contribution in [2.45, 2.75) is 17.9 Å². The lowest BCUT2D eigenvalue weighted by Crippen LogP contribution is -2.53. The van der Waals surface area contributed by atoms with Gasteiger partial charge in [-0.2, -0.15) is 4.31 Å². The summed E-state index contributed by atoms with van der Waals surface area (Å²) in [5.74, 6) is -0.191. The third-order valence-electron chi connectivity index (χ3n) is 4.39. The third-order valence-corrected chi connectivity index (χ3v) is 6.28. The molecule has 0 aromatic heterocycles. The van der Waals surface area contributed by atoms with Gasteiger partial charge >= 0.3 is 0 Å². The minimum atomic E-state index is -3.78. The first kappa shape index (κ1) is 19.3. The molecule has 1 heterocycles. The smallest absolute Gasteiger partial charge is 0.263 e. The molecule has 27 heavy (non-hydrogen) atoms. The van der Waals surface area contributed by atoms with Gasteiger partial charge in [-0.25, -0.2) is 12.8 Å². The Morgan fingerprint density at radius 2 is 1.70 bits per heavy atom. The fraction of sp³-hybridized carbons (Fsp3) is 0.316. The molecular weight excluding hydrogens is 371 g/mol. The fourth-order valence-corrected chi connectivity index (χ4v) is 4.39. The Labute approximate surface area is 158 Å². The van der Waals surface area contributed by atoms with Crippen LogP contribution in [0.2, 0.25) is 0 Å². The van der Waals surface area contributed by atoms with Gasteiger partial charge in [0.15, 0.2) is 6.10 Å². The van der Waals surface area contributed by atoms with Crippen LogP contribution in [0.1, 0.15) is 6.92 Å². The van der Waals surface area contributed by atoms with Crippen LogP contribution in [-0.4, -0.2) is 55.8 Å². The van der Waals surface area contributed by atoms with Gasteiger partial charge in [0.2, 0.25) is 10.0 Å². The van der Waals surface area contributed by atoms with Crippen LogP contribution in [0, 0.1) is 5.82 Å². The van der Waals surface area contributed by atoms with Crippen LogP contribution in [0.5, 0.6) is 5.75 Å². The Morgan fingerprint density at radius 1 is 1.04 bits per heavy atom. The van der Waals surface area contributed by atoms with E-state index in [-0.39, 0.29) is 37.0 Å². The summed E-state index contributed by atoms with van der Waals surface area (Å²) in [5, 5.41) is 0. The number of rotatable bonds is 5. The minimum Gasteiger partial charge on any atom is -0.481 e. The maximum absolute atomic E-state index is 13.4. The predicted molar refractivity (Wildman–Crippen MR) is 98.3 cm³/mol. The van der Waals surface area contributed by atoms with Crippen LogP contribution in [0.3, 0.4) is 0 Å². The number of carbonyl (C=O) groups is 1. The largest absolute Gasteiger partial charge is 0.481 e. The van der Waals surface area contributed by atoms with Crippen molar-refractivity contribution in [3.8, 4) is 5.75 Å². The number of piperazine rings is 1. The summed E-state index contributed by atoms with van der Waals surface area (Å²) in [6.07, 6.45) is -0.668. The fourth-order valence-electron chi connectivity index (χ4n) is 2.94. The second-order valence-corrected chi connectivity index (χ2v) is 8.20. The molecule has 6 nitrogen and oxygen atoms in total. The summed E-state index contributed by atoms with van der Waals surface area (Å²) in [7, 11) is -3.78. The van der Waals surface area contributed by atoms with Crippen molar-refractivity contribution in [3.05, 3.63) is 60.4 Å². The molecule has 1 saturated heterocycles. The molecule has 0 radical (unpaired) electrons. The monoisotopic (exact) mass is 392 g/mol. The quantitative estimate of drug-likeness (QED) is 0.782. The molecule has 0 saturated carbocycles. The van der Waals surface area contributed by atoms with E-state index in [4.69, 9.17) is 4.74 Å². The highest BCUT2D eigenvalue weighted by Crippen LogP contribution is 2.19. The molecule has 144 valence electrons. The van der Waals surface area contributed by atoms with Crippen molar-refractivity contribution < 1.29 is 22.3 Å². The summed E-state index contributed by atoms with van der Waals surface area (Å²) >= 11 is 0. The molecule has 0 aliphatic carbocycles. The number of amides is 1. The van der Waals surface area contributed by atoms with Gasteiger partial charge in [-0.05, 0) is 37.3 Å². The molecule has 1 atom stereocenters. The number of para-hydroxylation sites is 1. The third kappa shape index (κ3) is 4.45. The van der Waals surface area contributed by atoms with Gasteiger partial charge in [0.25, 0.3) is 5.91 Å². The van der Waals surface area contributed by atoms with E-state index < -0.39 is 21.9 Å². The number of hydrogen-bond acceptors (Lipinski definition) is 4. The molecule has 0 spiro atoms. The zero-order chi connectivity index (χ0) is 19.4. The van der Waals surface area contributed by atoms with Gasteiger partial charge in [0.1, 0.15) is 11.6 Å². The number of hydrogen-bond donors (Lipinski definition) is 0. The van der Waals surface area contributed by atoms with E-state index in [0.717, 1.165) is 6.07 Å². The predicted octanol–water partition coefficient (Wildman–Crippen LogP) is 2.13. The van der Waals surface area contributed by atoms with Crippen LogP contribution in [-0.2, 0) is 14.8 Å². The topological polar surface area (TPSA) is 66.9 Å². The van der Waals surface area contributed by atoms with E-state index in [1.54, 1.807) is 24.0 Å². The highest BCUT2D eigenvalue weighted by Gasteiger charge is 2.32. The molecule has 0 N–H and O–H groups in total. The normalized spacial score (nSPS) is 16.7. The highest BCUT2D eigenvalue weighted by atomic mass is 32.2. The number of ether oxygens (including phenoxy) is 1. The van der Waals surface area contributed by atoms with E-state index in [1.807, 2.05) is 18.2 Å². The second-order valence-electron chi connectivity index (χ2n) is 6.26. The minimum absolute atomic E-state index is 0.0805. The first-order valence-corrected chi connectivity index (χ1v) is 10.1. The van der Waals surface area contributed by atoms with Crippen molar-refractivity contribution in [2.75, 3.05) is 26.2 Å². The number of carbonyl (C=O) groups excluding carboxylic acids is 1. The standard InChI is InChI=1S/C19H21FN2O4S/c1-15(26-17-7-3-2-4-8-17)19(23)21-10-12-22(13-11-21)27(24,25)18-9-5-6-16(20)14-18/h2-9,14-15H,10-13H2,1H3/t15-/m0/s1. The van der Waals surface area contributed by atoms with Crippen LogP contribution < -0.4 is 4.74 Å². The molecule has 1 fully saturated rings. The van der Waals surface area contributed by atoms with Gasteiger partial charge in [-0.15, -0.1) is 0 Å². The van der Waals surface area contributed by atoms with Gasteiger partial charge < -0.3 is 9.64 Å². The highest BCUT2D eigenvalue weighted by molar-refractivity contribution is 7.89. The SMILES string of the molecule is C[C@H](Oc1ccccc1)C(=O)N1CCN(S(=O)(=O)c2cccc(F)c2)CC1. The van der Waals surface area contributed by atoms with E-state index in [2.05, 4.69) is 0 Å². The van der Waals surface area contributed by atoms with Crippen molar-refractivity contribution in [1.29, 1.82) is 0 Å². The Morgan fingerprint density at radius 3 is 2.33 bits per heavy atom. The molecule has 0 bridgehead atoms. The zero-order valence-corrected chi connectivity index (χ0v) is 15.7. The molecule has 1 aliphatic rings. The van der Waals surface area contributed by atoms with Crippen LogP contribution in [0.4, 0.5) is 4.39 Å². The lowest BCUT2D eigenvalue weighted by molar-refractivity contribution is -0.139. The van der Waals surface area contributed by atoms with Crippen molar-refractivity contribution in [1.82, 2.24) is 9.21 Å². The zero-order valence-electron chi connectivity index (χ0n) is 14.9. The van der Waals surface area contributed by atoms with Crippen LogP contribution in [0.25, 0.3) is 0 Å². The van der Waals surface area contributed by atoms with Crippen molar-refractivity contribution in [2.24, 2.45) is 0 Å². The molecule has 0 unspecified atom stereocenters. The summed E-state index contributed by atoms with van der Waals surface area (Å²) < 4.78 is 45.5. The first-order valence-electron chi connectivity index (χ1n) is 8.64. The van der Waals surface area contributed by atoms with E-state index in [1.165, 1.54) is 22.5 Å². The molecule has 8 heteroatoms. The average molecular weight is 392 g/mol. The molecule has 2 aromatic rings. The molecule has 3 rings (SSSR count). The van der Waals surface area contributed by atoms with E-state index >= 15 is 0 Å². The summed E-state index contributed by atoms with van der Waals surface area (Å²) in [4.78, 5) is 14.1. The van der Waals surface area contributed by atoms with Crippen LogP contribution in [0.15, 0.2) is 59.5 Å². The van der Waals surface area contributed by atoms with Gasteiger partial charge in [0, 0.05) is 26.2 Å². The Balaban J connectivity index is 1.60. The Hall–Kier alpha value is -2.45. The number of benzene rings is 2. The van der Waals surface area contributed by atoms with E-state index in [0.29, 0.717) is 5.75 Å². The van der Waals surface area contributed by atoms with Gasteiger partial charge in [0.05, 0.1) is 4.90 Å². The van der Waals surface area contributed by atoms with E-state index in [9.17, 15) is 17.6 Å². The van der Waals surface area contributed by atoms with Gasteiger partial charge in [-0.3, -0.25) is 4.79 Å². The number of halogens is 1. The molecule has 2 aromatic carbocycles. The lowest BCUT2D eigenvalue weighted by atomic mass is 10.3. The number of nitrogens with zero attached hydrogens (tertiary/aromatic N) is 2. The Bertz CT molecular complexity index is 897. The average Bonchev–Trinajstić information content (AvgIpc) is 2.68. The summed E-state index contributed by atoms with van der Waals surface area (Å²) in [6.45, 7) is 2.50. The van der Waals surface area contributed by atoms with Crippen molar-refractivity contribution in [3.63, 3.8) is 0 Å². The number of sulfonamides is 1. The second kappa shape index (κ2) is 8.06. The maximum Gasteiger partial charge on any atom is 0.263 e. The molecule has 1 amide bonds. The Kier molecular flexibility index (Phi) is 5.76. The molecule has 1 aliphatic heterocycles. The van der Waals surface area contributed by atoms with Gasteiger partial charge in [-0.1, -0.05) is 24.3 Å². The van der Waals surface area contributed by atoms with Crippen molar-refractivity contribution >= 4 is 15.9 Å². The molecular formula is C19H21FN2O4S. The first-order chi connectivity index (χ1) is 12.9. The summed E-state index contributed by atoms with van der Waals surface area (Å²) in [5.41, 5.74) is 0. The van der Waals surface area contributed by atoms with Crippen LogP contribution >= 0.6 is 0 Å². The lowest BCUT2D eigenvalue weighted by Gasteiger charge is -2.35.